The molecule has 64 valence electrons. The van der Waals surface area contributed by atoms with E-state index in [-0.39, 0.29) is 93.3 Å². The Morgan fingerprint density at radius 1 is 1.17 bits per heavy atom. The van der Waals surface area contributed by atoms with Crippen LogP contribution in [0.25, 0.3) is 0 Å². The Kier molecular flexibility index (Phi) is 18.9. The molecule has 0 amide bonds. The van der Waals surface area contributed by atoms with Crippen LogP contribution in [0.1, 0.15) is 0 Å². The molecule has 7 nitrogen and oxygen atoms in total. The van der Waals surface area contributed by atoms with Crippen molar-refractivity contribution in [3.05, 3.63) is 0 Å². The molecule has 0 aliphatic carbocycles. The molecular formula is HClCr2KNaO7. The van der Waals surface area contributed by atoms with Gasteiger partial charge in [0, 0.05) is 0 Å². The molecule has 1 N–H and O–H groups in total. The van der Waals surface area contributed by atoms with E-state index < -0.39 is 27.2 Å². The van der Waals surface area contributed by atoms with Crippen LogP contribution in [0.15, 0.2) is 0 Å². The summed E-state index contributed by atoms with van der Waals surface area (Å²) in [5.41, 5.74) is 0. The number of halogens is 1. The summed E-state index contributed by atoms with van der Waals surface area (Å²) in [5, 5.41) is 0. The van der Waals surface area contributed by atoms with E-state index in [1.54, 1.807) is 0 Å². The Morgan fingerprint density at radius 2 is 1.42 bits per heavy atom. The molecule has 0 bridgehead atoms. The van der Waals surface area contributed by atoms with Crippen LogP contribution in [0, 0.1) is 0 Å². The fourth-order valence-electron chi connectivity index (χ4n) is 0.105. The van der Waals surface area contributed by atoms with Crippen LogP contribution in [0.5, 0.6) is 0 Å². The normalized spacial score (nSPS) is 10.2. The second-order valence-electron chi connectivity index (χ2n) is 0.904. The van der Waals surface area contributed by atoms with E-state index in [4.69, 9.17) is 4.16 Å². The molecule has 0 spiro atoms. The number of hydrogen-bond donors (Lipinski definition) is 1. The minimum atomic E-state index is -6.01. The minimum absolute atomic E-state index is 0. The van der Waals surface area contributed by atoms with Gasteiger partial charge in [0.15, 0.2) is 0 Å². The van der Waals surface area contributed by atoms with Gasteiger partial charge in [-0.3, -0.25) is 0 Å². The van der Waals surface area contributed by atoms with Crippen LogP contribution in [-0.4, -0.2) is 4.16 Å². The van der Waals surface area contributed by atoms with Gasteiger partial charge >= 0.3 is 135 Å². The van der Waals surface area contributed by atoms with Crippen molar-refractivity contribution in [2.24, 2.45) is 0 Å². The predicted octanol–water partition coefficient (Wildman–Crippen LogP) is -11.3. The molecule has 0 heterocycles. The first-order valence-corrected chi connectivity index (χ1v) is 5.56. The molecule has 12 heavy (non-hydrogen) atoms. The van der Waals surface area contributed by atoms with Crippen molar-refractivity contribution < 1.29 is 147 Å². The van der Waals surface area contributed by atoms with Crippen molar-refractivity contribution in [1.82, 2.24) is 0 Å². The van der Waals surface area contributed by atoms with Crippen LogP contribution >= 0.6 is 0 Å². The molecule has 12 heteroatoms. The zero-order valence-electron chi connectivity index (χ0n) is 6.09. The summed E-state index contributed by atoms with van der Waals surface area (Å²) in [5.74, 6) is 0. The summed E-state index contributed by atoms with van der Waals surface area (Å²) in [6, 6.07) is 0. The molecule has 0 aromatic heterocycles. The van der Waals surface area contributed by atoms with Gasteiger partial charge in [-0.1, -0.05) is 0 Å². The van der Waals surface area contributed by atoms with E-state index in [1.165, 1.54) is 0 Å². The van der Waals surface area contributed by atoms with Gasteiger partial charge in [0.1, 0.15) is 0 Å². The van der Waals surface area contributed by atoms with Gasteiger partial charge in [-0.25, -0.2) is 0 Å². The predicted molar refractivity (Wildman–Crippen MR) is 6.05 cm³/mol. The summed E-state index contributed by atoms with van der Waals surface area (Å²) in [7, 11) is 0. The van der Waals surface area contributed by atoms with E-state index in [2.05, 4.69) is 2.84 Å². The Labute approximate surface area is 144 Å². The summed E-state index contributed by atoms with van der Waals surface area (Å²) < 4.78 is 57.6. The molecule has 0 aliphatic rings. The molecule has 0 radical (unpaired) electrons. The molecule has 0 aromatic rings. The third-order valence-electron chi connectivity index (χ3n) is 0.169. The second-order valence-corrected chi connectivity index (χ2v) is 4.60. The van der Waals surface area contributed by atoms with E-state index in [0.29, 0.717) is 0 Å². The molecule has 0 atom stereocenters. The first-order valence-electron chi connectivity index (χ1n) is 1.35. The van der Waals surface area contributed by atoms with E-state index >= 15 is 0 Å². The van der Waals surface area contributed by atoms with E-state index in [1.807, 2.05) is 0 Å². The Hall–Kier alpha value is 3.07. The van der Waals surface area contributed by atoms with Gasteiger partial charge in [0.05, 0.1) is 0 Å². The number of rotatable bonds is 2. The van der Waals surface area contributed by atoms with E-state index in [0.717, 1.165) is 0 Å². The van der Waals surface area contributed by atoms with Crippen molar-refractivity contribution >= 4 is 0 Å². The fraction of sp³-hybridized carbons (Fsp3) is 0. The third-order valence-corrected chi connectivity index (χ3v) is 2.88. The molecule has 0 fully saturated rings. The zero-order valence-corrected chi connectivity index (χ0v) is 14.5. The maximum absolute atomic E-state index is 9.49. The molecule has 0 aromatic carbocycles. The average molecular weight is 315 g/mol. The van der Waals surface area contributed by atoms with Gasteiger partial charge < -0.3 is 12.4 Å². The van der Waals surface area contributed by atoms with Crippen molar-refractivity contribution in [3.8, 4) is 0 Å². The van der Waals surface area contributed by atoms with Gasteiger partial charge in [-0.05, 0) is 0 Å². The molecule has 0 rings (SSSR count). The first-order chi connectivity index (χ1) is 3.71. The molecule has 0 unspecified atom stereocenters. The van der Waals surface area contributed by atoms with Crippen LogP contribution in [-0.2, 0) is 45.3 Å². The average Bonchev–Trinajstić information content (AvgIpc) is 1.14. The van der Waals surface area contributed by atoms with Crippen molar-refractivity contribution in [2.75, 3.05) is 0 Å². The number of hydrogen-bond acceptors (Lipinski definition) is 6. The summed E-state index contributed by atoms with van der Waals surface area (Å²) in [6.45, 7) is 0. The van der Waals surface area contributed by atoms with Gasteiger partial charge in [0.2, 0.25) is 0 Å². The SMILES string of the molecule is [Cl-].[K+].[Na+].[O]=[Cr](=[O])([O-])[O][Cr](=[O])(=[O])[OH]. The standard InChI is InChI=1S/ClH.2Cr.K.Na.H2O.6O/h1H;;;;;1H2;;;;;;/q;;3*+1;;;;;;;-1/p-2. The second kappa shape index (κ2) is 9.31. The van der Waals surface area contributed by atoms with E-state index in [9.17, 15) is 19.4 Å². The van der Waals surface area contributed by atoms with Crippen molar-refractivity contribution in [3.63, 3.8) is 0 Å². The fourth-order valence-corrected chi connectivity index (χ4v) is 1.79. The van der Waals surface area contributed by atoms with Crippen molar-refractivity contribution in [2.45, 2.75) is 0 Å². The van der Waals surface area contributed by atoms with Crippen LogP contribution in [0.3, 0.4) is 0 Å². The first kappa shape index (κ1) is 24.3. The topological polar surface area (TPSA) is 121 Å². The Morgan fingerprint density at radius 3 is 1.42 bits per heavy atom. The summed E-state index contributed by atoms with van der Waals surface area (Å²) >= 11 is -11.8. The Balaban J connectivity index is -0.000000107. The summed E-state index contributed by atoms with van der Waals surface area (Å²) in [6.07, 6.45) is 0. The van der Waals surface area contributed by atoms with Gasteiger partial charge in [-0.15, -0.1) is 0 Å². The van der Waals surface area contributed by atoms with Crippen molar-refractivity contribution in [1.29, 1.82) is 0 Å². The Bertz CT molecular complexity index is 247. The molecule has 0 saturated heterocycles. The molecular weight excluding hydrogens is 314 g/mol. The van der Waals surface area contributed by atoms with Gasteiger partial charge in [-0.2, -0.15) is 0 Å². The quantitative estimate of drug-likeness (QED) is 0.502. The maximum atomic E-state index is 9.49. The van der Waals surface area contributed by atoms with Crippen LogP contribution in [0.2, 0.25) is 0 Å². The van der Waals surface area contributed by atoms with Crippen LogP contribution < -0.4 is 97.5 Å². The molecule has 0 saturated carbocycles. The van der Waals surface area contributed by atoms with Gasteiger partial charge in [0.25, 0.3) is 0 Å². The third kappa shape index (κ3) is 23.1. The molecule has 0 aliphatic heterocycles. The monoisotopic (exact) mass is 314 g/mol. The summed E-state index contributed by atoms with van der Waals surface area (Å²) in [4.78, 5) is 0. The zero-order chi connectivity index (χ0) is 7.71. The van der Waals surface area contributed by atoms with Crippen LogP contribution in [0.4, 0.5) is 0 Å².